The Morgan fingerprint density at radius 1 is 1.68 bits per heavy atom. The molecular formula is C12H17ClN4O2. The highest BCUT2D eigenvalue weighted by Crippen LogP contribution is 2.21. The number of nitrogens with two attached hydrogens (primary N) is 1. The highest BCUT2D eigenvalue weighted by molar-refractivity contribution is 6.33. The number of hydrogen-bond donors (Lipinski definition) is 2. The van der Waals surface area contributed by atoms with Gasteiger partial charge in [-0.15, -0.1) is 0 Å². The van der Waals surface area contributed by atoms with Crippen LogP contribution in [0.25, 0.3) is 0 Å². The largest absolute Gasteiger partial charge is 0.377 e. The lowest BCUT2D eigenvalue weighted by Gasteiger charge is -2.35. The zero-order chi connectivity index (χ0) is 13.8. The second kappa shape index (κ2) is 6.18. The van der Waals surface area contributed by atoms with Crippen LogP contribution in [0.3, 0.4) is 0 Å². The number of nitrogen functional groups attached to an aromatic ring is 1. The van der Waals surface area contributed by atoms with Crippen molar-refractivity contribution < 1.29 is 9.53 Å². The van der Waals surface area contributed by atoms with E-state index in [2.05, 4.69) is 10.4 Å². The Morgan fingerprint density at radius 3 is 3.16 bits per heavy atom. The third-order valence-corrected chi connectivity index (χ3v) is 3.46. The number of amides is 1. The van der Waals surface area contributed by atoms with Crippen LogP contribution in [0, 0.1) is 0 Å². The third kappa shape index (κ3) is 2.97. The summed E-state index contributed by atoms with van der Waals surface area (Å²) in [7, 11) is 0. The summed E-state index contributed by atoms with van der Waals surface area (Å²) in [6, 6.07) is 3.29. The van der Waals surface area contributed by atoms with Crippen LogP contribution in [0.2, 0.25) is 5.02 Å². The van der Waals surface area contributed by atoms with Crippen LogP contribution in [-0.2, 0) is 4.74 Å². The van der Waals surface area contributed by atoms with E-state index in [0.29, 0.717) is 30.6 Å². The molecule has 6 nitrogen and oxygen atoms in total. The van der Waals surface area contributed by atoms with E-state index >= 15 is 0 Å². The number of hydrogen-bond acceptors (Lipinski definition) is 5. The maximum absolute atomic E-state index is 12.5. The van der Waals surface area contributed by atoms with E-state index in [9.17, 15) is 4.79 Å². The molecule has 1 atom stereocenters. The minimum Gasteiger partial charge on any atom is -0.377 e. The molecule has 1 saturated heterocycles. The van der Waals surface area contributed by atoms with E-state index < -0.39 is 0 Å². The molecule has 0 spiro atoms. The topological polar surface area (TPSA) is 80.5 Å². The molecule has 0 bridgehead atoms. The highest BCUT2D eigenvalue weighted by Gasteiger charge is 2.28. The average Bonchev–Trinajstić information content (AvgIpc) is 2.47. The first-order chi connectivity index (χ1) is 9.17. The molecule has 3 N–H and O–H groups in total. The van der Waals surface area contributed by atoms with Gasteiger partial charge in [0.15, 0.2) is 0 Å². The van der Waals surface area contributed by atoms with E-state index in [0.717, 1.165) is 6.42 Å². The number of carbonyl (C=O) groups is 1. The first-order valence-electron chi connectivity index (χ1n) is 6.19. The van der Waals surface area contributed by atoms with E-state index in [-0.39, 0.29) is 17.6 Å². The molecule has 7 heteroatoms. The lowest BCUT2D eigenvalue weighted by molar-refractivity contribution is -0.00308. The van der Waals surface area contributed by atoms with Crippen molar-refractivity contribution in [1.29, 1.82) is 0 Å². The number of nitrogens with one attached hydrogen (secondary N) is 1. The van der Waals surface area contributed by atoms with Gasteiger partial charge in [0.05, 0.1) is 24.3 Å². The second-order valence-corrected chi connectivity index (χ2v) is 4.71. The highest BCUT2D eigenvalue weighted by atomic mass is 35.5. The van der Waals surface area contributed by atoms with Gasteiger partial charge in [-0.1, -0.05) is 18.5 Å². The molecular weight excluding hydrogens is 268 g/mol. The fourth-order valence-corrected chi connectivity index (χ4v) is 2.26. The summed E-state index contributed by atoms with van der Waals surface area (Å²) in [4.78, 5) is 18.4. The molecule has 1 aliphatic rings. The Bertz CT molecular complexity index is 469. The molecule has 19 heavy (non-hydrogen) atoms. The number of halogens is 1. The van der Waals surface area contributed by atoms with Gasteiger partial charge in [0, 0.05) is 6.54 Å². The third-order valence-electron chi connectivity index (χ3n) is 3.16. The lowest BCUT2D eigenvalue weighted by atomic mass is 10.1. The predicted molar refractivity (Wildman–Crippen MR) is 73.0 cm³/mol. The molecule has 1 unspecified atom stereocenters. The van der Waals surface area contributed by atoms with Crippen LogP contribution in [0.1, 0.15) is 23.8 Å². The van der Waals surface area contributed by atoms with Crippen molar-refractivity contribution in [2.45, 2.75) is 19.4 Å². The van der Waals surface area contributed by atoms with E-state index in [1.54, 1.807) is 17.0 Å². The normalized spacial score (nSPS) is 19.3. The second-order valence-electron chi connectivity index (χ2n) is 4.31. The molecule has 1 aromatic heterocycles. The summed E-state index contributed by atoms with van der Waals surface area (Å²) in [6.07, 6.45) is 0.832. The molecule has 1 aliphatic heterocycles. The van der Waals surface area contributed by atoms with Gasteiger partial charge in [0.1, 0.15) is 11.5 Å². The zero-order valence-corrected chi connectivity index (χ0v) is 11.5. The van der Waals surface area contributed by atoms with Gasteiger partial charge < -0.3 is 15.1 Å². The van der Waals surface area contributed by atoms with Crippen molar-refractivity contribution in [3.8, 4) is 0 Å². The van der Waals surface area contributed by atoms with Crippen LogP contribution < -0.4 is 11.3 Å². The number of pyridine rings is 1. The van der Waals surface area contributed by atoms with Crippen LogP contribution in [0.4, 0.5) is 5.82 Å². The van der Waals surface area contributed by atoms with Crippen LogP contribution in [0.5, 0.6) is 0 Å². The molecule has 0 aliphatic carbocycles. The molecule has 2 rings (SSSR count). The van der Waals surface area contributed by atoms with Crippen molar-refractivity contribution in [2.75, 3.05) is 25.2 Å². The molecule has 0 radical (unpaired) electrons. The average molecular weight is 285 g/mol. The molecule has 1 aromatic rings. The first-order valence-corrected chi connectivity index (χ1v) is 6.57. The quantitative estimate of drug-likeness (QED) is 0.645. The number of nitrogens with zero attached hydrogens (tertiary/aromatic N) is 2. The van der Waals surface area contributed by atoms with Crippen molar-refractivity contribution in [3.05, 3.63) is 22.8 Å². The fourth-order valence-electron chi connectivity index (χ4n) is 2.07. The van der Waals surface area contributed by atoms with Crippen molar-refractivity contribution in [1.82, 2.24) is 9.88 Å². The van der Waals surface area contributed by atoms with E-state index in [4.69, 9.17) is 22.2 Å². The van der Waals surface area contributed by atoms with Gasteiger partial charge in [0.2, 0.25) is 0 Å². The number of morpholine rings is 1. The summed E-state index contributed by atoms with van der Waals surface area (Å²) in [5.74, 6) is 5.53. The molecule has 0 saturated carbocycles. The Labute approximate surface area is 116 Å². The van der Waals surface area contributed by atoms with Crippen LogP contribution in [0.15, 0.2) is 12.1 Å². The van der Waals surface area contributed by atoms with Gasteiger partial charge in [-0.3, -0.25) is 4.79 Å². The smallest absolute Gasteiger partial charge is 0.274 e. The molecule has 104 valence electrons. The molecule has 2 heterocycles. The van der Waals surface area contributed by atoms with Crippen molar-refractivity contribution in [3.63, 3.8) is 0 Å². The Morgan fingerprint density at radius 2 is 2.47 bits per heavy atom. The number of ether oxygens (including phenoxy) is 1. The van der Waals surface area contributed by atoms with Gasteiger partial charge in [-0.05, 0) is 18.6 Å². The van der Waals surface area contributed by atoms with E-state index in [1.165, 1.54) is 0 Å². The summed E-state index contributed by atoms with van der Waals surface area (Å²) >= 11 is 6.05. The van der Waals surface area contributed by atoms with Gasteiger partial charge in [0.25, 0.3) is 5.91 Å². The zero-order valence-electron chi connectivity index (χ0n) is 10.7. The monoisotopic (exact) mass is 284 g/mol. The van der Waals surface area contributed by atoms with Gasteiger partial charge in [-0.25, -0.2) is 10.8 Å². The Kier molecular flexibility index (Phi) is 4.57. The Balaban J connectivity index is 2.27. The summed E-state index contributed by atoms with van der Waals surface area (Å²) in [6.45, 7) is 3.66. The minimum absolute atomic E-state index is 0.0635. The summed E-state index contributed by atoms with van der Waals surface area (Å²) < 4.78 is 5.38. The lowest BCUT2D eigenvalue weighted by Crippen LogP contribution is -2.48. The summed E-state index contributed by atoms with van der Waals surface area (Å²) in [5, 5.41) is 0.324. The SMILES string of the molecule is CCC1COCCN1C(=O)c1nc(NN)ccc1Cl. The number of rotatable bonds is 3. The van der Waals surface area contributed by atoms with Gasteiger partial charge >= 0.3 is 0 Å². The Hall–Kier alpha value is -1.37. The number of hydrazine groups is 1. The van der Waals surface area contributed by atoms with Crippen LogP contribution in [-0.4, -0.2) is 41.6 Å². The fraction of sp³-hybridized carbons (Fsp3) is 0.500. The maximum Gasteiger partial charge on any atom is 0.274 e. The predicted octanol–water partition coefficient (Wildman–Crippen LogP) is 1.27. The number of aromatic nitrogens is 1. The van der Waals surface area contributed by atoms with E-state index in [1.807, 2.05) is 6.92 Å². The molecule has 1 amide bonds. The molecule has 1 fully saturated rings. The number of carbonyl (C=O) groups excluding carboxylic acids is 1. The number of anilines is 1. The van der Waals surface area contributed by atoms with Crippen LogP contribution >= 0.6 is 11.6 Å². The van der Waals surface area contributed by atoms with Crippen molar-refractivity contribution >= 4 is 23.3 Å². The minimum atomic E-state index is -0.183. The summed E-state index contributed by atoms with van der Waals surface area (Å²) in [5.41, 5.74) is 2.63. The maximum atomic E-state index is 12.5. The van der Waals surface area contributed by atoms with Gasteiger partial charge in [-0.2, -0.15) is 0 Å². The molecule has 0 aromatic carbocycles. The standard InChI is InChI=1S/C12H17ClN4O2/c1-2-8-7-19-6-5-17(8)12(18)11-9(13)3-4-10(15-11)16-14/h3-4,8H,2,5-7,14H2,1H3,(H,15,16). The first kappa shape index (κ1) is 14.0. The van der Waals surface area contributed by atoms with Crippen molar-refractivity contribution in [2.24, 2.45) is 5.84 Å².